The molecule has 0 aliphatic carbocycles. The van der Waals surface area contributed by atoms with Crippen molar-refractivity contribution in [2.45, 2.75) is 13.0 Å². The third-order valence-corrected chi connectivity index (χ3v) is 3.26. The predicted octanol–water partition coefficient (Wildman–Crippen LogP) is 1.06. The number of benzene rings is 1. The van der Waals surface area contributed by atoms with Gasteiger partial charge in [-0.3, -0.25) is 4.79 Å². The van der Waals surface area contributed by atoms with Crippen LogP contribution in [0.25, 0.3) is 0 Å². The predicted molar refractivity (Wildman–Crippen MR) is 73.3 cm³/mol. The Morgan fingerprint density at radius 3 is 2.83 bits per heavy atom. The van der Waals surface area contributed by atoms with Crippen molar-refractivity contribution in [2.24, 2.45) is 11.7 Å². The van der Waals surface area contributed by atoms with Crippen LogP contribution >= 0.6 is 0 Å². The van der Waals surface area contributed by atoms with E-state index in [-0.39, 0.29) is 5.91 Å². The molecular formula is C14H21N3O. The van der Waals surface area contributed by atoms with E-state index in [1.807, 2.05) is 31.1 Å². The zero-order valence-electron chi connectivity index (χ0n) is 11.1. The van der Waals surface area contributed by atoms with Crippen molar-refractivity contribution in [1.29, 1.82) is 0 Å². The number of rotatable bonds is 4. The van der Waals surface area contributed by atoms with E-state index in [2.05, 4.69) is 17.0 Å². The van der Waals surface area contributed by atoms with E-state index < -0.39 is 0 Å². The summed E-state index contributed by atoms with van der Waals surface area (Å²) in [5.74, 6) is 0.488. The Balaban J connectivity index is 2.16. The van der Waals surface area contributed by atoms with Crippen LogP contribution < -0.4 is 10.6 Å². The zero-order valence-corrected chi connectivity index (χ0v) is 11.1. The molecule has 0 spiro atoms. The molecule has 4 heteroatoms. The van der Waals surface area contributed by atoms with Crippen LogP contribution in [-0.4, -0.2) is 38.0 Å². The van der Waals surface area contributed by atoms with Crippen LogP contribution in [0.4, 0.5) is 5.69 Å². The van der Waals surface area contributed by atoms with E-state index in [1.165, 1.54) is 5.56 Å². The number of amides is 1. The molecule has 0 saturated carbocycles. The van der Waals surface area contributed by atoms with Crippen LogP contribution in [-0.2, 0) is 11.3 Å². The Kier molecular flexibility index (Phi) is 3.99. The summed E-state index contributed by atoms with van der Waals surface area (Å²) in [5.41, 5.74) is 7.87. The Morgan fingerprint density at radius 1 is 1.44 bits per heavy atom. The third-order valence-electron chi connectivity index (χ3n) is 3.26. The van der Waals surface area contributed by atoms with Crippen molar-refractivity contribution >= 4 is 11.6 Å². The Morgan fingerprint density at radius 2 is 2.22 bits per heavy atom. The lowest BCUT2D eigenvalue weighted by atomic mass is 10.1. The molecule has 1 saturated heterocycles. The molecule has 1 heterocycles. The molecular weight excluding hydrogens is 226 g/mol. The topological polar surface area (TPSA) is 49.6 Å². The van der Waals surface area contributed by atoms with Gasteiger partial charge in [0.1, 0.15) is 0 Å². The van der Waals surface area contributed by atoms with Gasteiger partial charge in [0, 0.05) is 25.2 Å². The summed E-state index contributed by atoms with van der Waals surface area (Å²) < 4.78 is 0. The average molecular weight is 247 g/mol. The average Bonchev–Trinajstić information content (AvgIpc) is 2.70. The summed E-state index contributed by atoms with van der Waals surface area (Å²) in [6, 6.07) is 8.19. The second-order valence-electron chi connectivity index (χ2n) is 5.22. The molecule has 1 aromatic carbocycles. The first-order valence-corrected chi connectivity index (χ1v) is 6.34. The summed E-state index contributed by atoms with van der Waals surface area (Å²) in [6.07, 6.45) is 0.578. The minimum atomic E-state index is 0.187. The summed E-state index contributed by atoms with van der Waals surface area (Å²) in [4.78, 5) is 15.9. The van der Waals surface area contributed by atoms with Crippen LogP contribution in [0.2, 0.25) is 0 Å². The van der Waals surface area contributed by atoms with Gasteiger partial charge in [0.2, 0.25) is 5.91 Å². The first kappa shape index (κ1) is 13.1. The number of hydrogen-bond donors (Lipinski definition) is 1. The minimum absolute atomic E-state index is 0.187. The van der Waals surface area contributed by atoms with Gasteiger partial charge in [-0.05, 0) is 44.3 Å². The highest BCUT2D eigenvalue weighted by Crippen LogP contribution is 2.25. The van der Waals surface area contributed by atoms with E-state index in [4.69, 9.17) is 5.73 Å². The zero-order chi connectivity index (χ0) is 13.1. The molecule has 1 unspecified atom stereocenters. The highest BCUT2D eigenvalue weighted by Gasteiger charge is 2.29. The standard InChI is InChI=1S/C14H21N3O/c1-16(2)9-11-4-3-5-13(6-11)17-10-12(8-15)7-14(17)18/h3-6,12H,7-10,15H2,1-2H3. The lowest BCUT2D eigenvalue weighted by Gasteiger charge is -2.18. The molecule has 0 aromatic heterocycles. The molecule has 98 valence electrons. The van der Waals surface area contributed by atoms with E-state index in [9.17, 15) is 4.79 Å². The normalized spacial score (nSPS) is 19.9. The molecule has 0 bridgehead atoms. The van der Waals surface area contributed by atoms with Gasteiger partial charge >= 0.3 is 0 Å². The molecule has 2 rings (SSSR count). The van der Waals surface area contributed by atoms with Crippen molar-refractivity contribution in [3.63, 3.8) is 0 Å². The quantitative estimate of drug-likeness (QED) is 0.865. The van der Waals surface area contributed by atoms with Crippen molar-refractivity contribution in [3.8, 4) is 0 Å². The largest absolute Gasteiger partial charge is 0.330 e. The lowest BCUT2D eigenvalue weighted by molar-refractivity contribution is -0.117. The van der Waals surface area contributed by atoms with Crippen LogP contribution in [0.1, 0.15) is 12.0 Å². The van der Waals surface area contributed by atoms with Gasteiger partial charge in [-0.2, -0.15) is 0 Å². The van der Waals surface area contributed by atoms with Gasteiger partial charge in [-0.1, -0.05) is 12.1 Å². The molecule has 1 amide bonds. The van der Waals surface area contributed by atoms with Gasteiger partial charge in [0.15, 0.2) is 0 Å². The SMILES string of the molecule is CN(C)Cc1cccc(N2CC(CN)CC2=O)c1. The molecule has 1 aliphatic rings. The Bertz CT molecular complexity index is 431. The van der Waals surface area contributed by atoms with Crippen LogP contribution in [0.5, 0.6) is 0 Å². The van der Waals surface area contributed by atoms with Crippen LogP contribution in [0, 0.1) is 5.92 Å². The first-order valence-electron chi connectivity index (χ1n) is 6.34. The van der Waals surface area contributed by atoms with Crippen LogP contribution in [0.3, 0.4) is 0 Å². The number of anilines is 1. The van der Waals surface area contributed by atoms with Crippen molar-refractivity contribution in [1.82, 2.24) is 4.90 Å². The van der Waals surface area contributed by atoms with Crippen molar-refractivity contribution in [3.05, 3.63) is 29.8 Å². The highest BCUT2D eigenvalue weighted by atomic mass is 16.2. The third kappa shape index (κ3) is 2.89. The fourth-order valence-electron chi connectivity index (χ4n) is 2.38. The monoisotopic (exact) mass is 247 g/mol. The van der Waals surface area contributed by atoms with Crippen molar-refractivity contribution < 1.29 is 4.79 Å². The highest BCUT2D eigenvalue weighted by molar-refractivity contribution is 5.95. The van der Waals surface area contributed by atoms with E-state index in [0.29, 0.717) is 18.9 Å². The number of carbonyl (C=O) groups excluding carboxylic acids is 1. The second-order valence-corrected chi connectivity index (χ2v) is 5.22. The van der Waals surface area contributed by atoms with Gasteiger partial charge < -0.3 is 15.5 Å². The van der Waals surface area contributed by atoms with Gasteiger partial charge in [0.05, 0.1) is 0 Å². The van der Waals surface area contributed by atoms with Gasteiger partial charge in [-0.15, -0.1) is 0 Å². The summed E-state index contributed by atoms with van der Waals surface area (Å²) in [7, 11) is 4.08. The molecule has 4 nitrogen and oxygen atoms in total. The molecule has 18 heavy (non-hydrogen) atoms. The molecule has 1 atom stereocenters. The maximum Gasteiger partial charge on any atom is 0.227 e. The maximum absolute atomic E-state index is 11.9. The van der Waals surface area contributed by atoms with Crippen LogP contribution in [0.15, 0.2) is 24.3 Å². The van der Waals surface area contributed by atoms with Gasteiger partial charge in [-0.25, -0.2) is 0 Å². The van der Waals surface area contributed by atoms with E-state index in [0.717, 1.165) is 18.8 Å². The number of carbonyl (C=O) groups is 1. The molecule has 1 aliphatic heterocycles. The summed E-state index contributed by atoms with van der Waals surface area (Å²) >= 11 is 0. The molecule has 1 fully saturated rings. The number of nitrogens with two attached hydrogens (primary N) is 1. The smallest absolute Gasteiger partial charge is 0.227 e. The Hall–Kier alpha value is -1.39. The minimum Gasteiger partial charge on any atom is -0.330 e. The maximum atomic E-state index is 11.9. The number of hydrogen-bond acceptors (Lipinski definition) is 3. The van der Waals surface area contributed by atoms with Gasteiger partial charge in [0.25, 0.3) is 0 Å². The fourth-order valence-corrected chi connectivity index (χ4v) is 2.38. The Labute approximate surface area is 108 Å². The molecule has 0 radical (unpaired) electrons. The fraction of sp³-hybridized carbons (Fsp3) is 0.500. The van der Waals surface area contributed by atoms with E-state index in [1.54, 1.807) is 0 Å². The second kappa shape index (κ2) is 5.50. The summed E-state index contributed by atoms with van der Waals surface area (Å²) in [6.45, 7) is 2.22. The van der Waals surface area contributed by atoms with Crippen molar-refractivity contribution in [2.75, 3.05) is 32.1 Å². The van der Waals surface area contributed by atoms with E-state index >= 15 is 0 Å². The number of nitrogens with zero attached hydrogens (tertiary/aromatic N) is 2. The molecule has 1 aromatic rings. The first-order chi connectivity index (χ1) is 8.60. The molecule has 2 N–H and O–H groups in total. The summed E-state index contributed by atoms with van der Waals surface area (Å²) in [5, 5.41) is 0. The lowest BCUT2D eigenvalue weighted by Crippen LogP contribution is -2.25.